The van der Waals surface area contributed by atoms with Gasteiger partial charge in [0, 0.05) is 30.3 Å². The molecule has 0 saturated carbocycles. The molecule has 1 fully saturated rings. The minimum absolute atomic E-state index is 0.0408. The maximum absolute atomic E-state index is 13.8. The molecule has 3 aromatic carbocycles. The van der Waals surface area contributed by atoms with Gasteiger partial charge in [0.05, 0.1) is 35.3 Å². The summed E-state index contributed by atoms with van der Waals surface area (Å²) in [5.74, 6) is -0.379. The number of sulfonamides is 1. The summed E-state index contributed by atoms with van der Waals surface area (Å²) in [4.78, 5) is 40.3. The number of carbonyl (C=O) groups is 2. The molecule has 4 aromatic rings. The Morgan fingerprint density at radius 2 is 1.72 bits per heavy atom. The minimum Gasteiger partial charge on any atom is -0.493 e. The molecule has 0 bridgehead atoms. The molecule has 0 aliphatic carbocycles. The van der Waals surface area contributed by atoms with E-state index in [1.807, 2.05) is 0 Å². The Morgan fingerprint density at radius 1 is 1.00 bits per heavy atom. The van der Waals surface area contributed by atoms with Gasteiger partial charge in [0.15, 0.2) is 17.3 Å². The van der Waals surface area contributed by atoms with Gasteiger partial charge in [0.25, 0.3) is 5.56 Å². The van der Waals surface area contributed by atoms with Gasteiger partial charge in [-0.1, -0.05) is 45.0 Å². The highest BCUT2D eigenvalue weighted by Gasteiger charge is 2.31. The van der Waals surface area contributed by atoms with Crippen LogP contribution in [-0.2, 0) is 43.7 Å². The van der Waals surface area contributed by atoms with Crippen LogP contribution in [0.3, 0.4) is 0 Å². The number of halogens is 3. The molecule has 1 aromatic heterocycles. The third kappa shape index (κ3) is 9.66. The quantitative estimate of drug-likeness (QED) is 0.231. The summed E-state index contributed by atoms with van der Waals surface area (Å²) in [7, 11) is -2.46. The van der Waals surface area contributed by atoms with Gasteiger partial charge in [0.2, 0.25) is 15.9 Å². The molecule has 0 radical (unpaired) electrons. The number of morpholine rings is 1. The number of rotatable bonds is 11. The topological polar surface area (TPSA) is 133 Å². The van der Waals surface area contributed by atoms with Crippen LogP contribution in [0.15, 0.2) is 70.4 Å². The van der Waals surface area contributed by atoms with Gasteiger partial charge in [-0.25, -0.2) is 8.42 Å². The number of nitrogens with zero attached hydrogens (tertiary/aromatic N) is 2. The predicted octanol–water partition coefficient (Wildman–Crippen LogP) is 4.71. The van der Waals surface area contributed by atoms with Crippen LogP contribution in [0, 0.1) is 12.3 Å². The fourth-order valence-electron chi connectivity index (χ4n) is 5.39. The molecule has 1 aliphatic heterocycles. The van der Waals surface area contributed by atoms with Crippen LogP contribution in [0.1, 0.15) is 43.0 Å². The maximum Gasteiger partial charge on any atom is 0.416 e. The second kappa shape index (κ2) is 16.3. The Hall–Kier alpha value is -4.77. The van der Waals surface area contributed by atoms with E-state index in [1.54, 1.807) is 64.1 Å². The number of amides is 1. The molecule has 54 heavy (non-hydrogen) atoms. The first-order chi connectivity index (χ1) is 25.4. The van der Waals surface area contributed by atoms with Crippen molar-refractivity contribution in [2.75, 3.05) is 38.7 Å². The number of nitrogens with one attached hydrogen (secondary N) is 1. The number of aromatic nitrogens is 1. The van der Waals surface area contributed by atoms with Crippen molar-refractivity contribution in [1.82, 2.24) is 8.87 Å². The van der Waals surface area contributed by atoms with Crippen molar-refractivity contribution in [2.45, 2.75) is 51.9 Å². The molecule has 16 heteroatoms. The lowest BCUT2D eigenvalue weighted by Crippen LogP contribution is -2.40. The molecule has 1 N–H and O–H groups in total. The average Bonchev–Trinajstić information content (AvgIpc) is 3.40. The number of methoxy groups -OCH3 is 1. The minimum atomic E-state index is -4.49. The first kappa shape index (κ1) is 40.4. The molecule has 1 amide bonds. The maximum atomic E-state index is 13.8. The summed E-state index contributed by atoms with van der Waals surface area (Å²) >= 11 is 1.01. The van der Waals surface area contributed by atoms with Crippen molar-refractivity contribution >= 4 is 50.9 Å². The first-order valence-electron chi connectivity index (χ1n) is 16.8. The number of Topliss-reactive ketones (excluding diaryl/α,β-unsaturated/α-hetero) is 1. The highest BCUT2D eigenvalue weighted by Crippen LogP contribution is 2.32. The van der Waals surface area contributed by atoms with Crippen molar-refractivity contribution in [3.05, 3.63) is 102 Å². The molecule has 1 saturated heterocycles. The largest absolute Gasteiger partial charge is 0.493 e. The van der Waals surface area contributed by atoms with Gasteiger partial charge in [-0.05, 0) is 66.1 Å². The van der Waals surface area contributed by atoms with Crippen molar-refractivity contribution in [2.24, 2.45) is 5.41 Å². The average molecular weight is 788 g/mol. The molecule has 2 heterocycles. The van der Waals surface area contributed by atoms with Crippen molar-refractivity contribution in [3.8, 4) is 11.5 Å². The lowest BCUT2D eigenvalue weighted by atomic mass is 9.91. The zero-order valence-electron chi connectivity index (χ0n) is 30.3. The second-order valence-electron chi connectivity index (χ2n) is 13.5. The van der Waals surface area contributed by atoms with Crippen LogP contribution < -0.4 is 29.5 Å². The van der Waals surface area contributed by atoms with Crippen LogP contribution in [0.25, 0.3) is 12.2 Å². The summed E-state index contributed by atoms with van der Waals surface area (Å²) in [5.41, 5.74) is -0.593. The standard InChI is InChI=1S/C38H40F3N3O8S2/c1-24-9-11-28(20-32(24)54(48,49)43-13-15-51-16-14-43)42-34(46)22-44-35(21-33(45)37(2,3)4)53-31(36(44)47)19-25-10-12-29(30(18-25)50-5)52-23-26-7-6-8-27(17-26)38(39,40)41/h6-12,17-21H,13-16,22-23H2,1-5H3,(H,42,46)/b31-19+,35-21-. The van der Waals surface area contributed by atoms with Crippen molar-refractivity contribution in [3.63, 3.8) is 0 Å². The molecular weight excluding hydrogens is 748 g/mol. The highest BCUT2D eigenvalue weighted by molar-refractivity contribution is 7.89. The molecule has 0 atom stereocenters. The summed E-state index contributed by atoms with van der Waals surface area (Å²) in [6.07, 6.45) is -1.62. The molecule has 0 unspecified atom stereocenters. The fraction of sp³-hybridized carbons (Fsp3) is 0.342. The van der Waals surface area contributed by atoms with Crippen molar-refractivity contribution < 1.29 is 45.4 Å². The van der Waals surface area contributed by atoms with E-state index in [0.717, 1.165) is 23.5 Å². The number of alkyl halides is 3. The Bertz CT molecular complexity index is 2340. The number of benzene rings is 3. The van der Waals surface area contributed by atoms with Crippen LogP contribution in [0.2, 0.25) is 0 Å². The van der Waals surface area contributed by atoms with Crippen LogP contribution in [0.4, 0.5) is 18.9 Å². The number of anilines is 1. The predicted molar refractivity (Wildman–Crippen MR) is 198 cm³/mol. The van der Waals surface area contributed by atoms with Crippen LogP contribution in [0.5, 0.6) is 11.5 Å². The van der Waals surface area contributed by atoms with Gasteiger partial charge >= 0.3 is 6.18 Å². The molecule has 5 rings (SSSR count). The van der Waals surface area contributed by atoms with Gasteiger partial charge in [-0.3, -0.25) is 19.0 Å². The van der Waals surface area contributed by atoms with Crippen LogP contribution >= 0.6 is 11.3 Å². The highest BCUT2D eigenvalue weighted by atomic mass is 32.2. The van der Waals surface area contributed by atoms with Crippen LogP contribution in [-0.4, -0.2) is 62.4 Å². The number of ether oxygens (including phenoxy) is 3. The number of carbonyl (C=O) groups excluding carboxylic acids is 2. The second-order valence-corrected chi connectivity index (χ2v) is 16.5. The Balaban J connectivity index is 1.43. The molecule has 0 spiro atoms. The monoisotopic (exact) mass is 787 g/mol. The lowest BCUT2D eigenvalue weighted by molar-refractivity contribution is -0.137. The zero-order chi connectivity index (χ0) is 39.4. The third-order valence-electron chi connectivity index (χ3n) is 8.43. The van der Waals surface area contributed by atoms with E-state index < -0.39 is 45.2 Å². The Labute approximate surface area is 314 Å². The molecule has 288 valence electrons. The molecule has 1 aliphatic rings. The first-order valence-corrected chi connectivity index (χ1v) is 19.1. The SMILES string of the molecule is COc1cc(/C=c2/s/c(=C\C(=O)C(C)(C)C)n(CC(=O)Nc3ccc(C)c(S(=O)(=O)N4CCOCC4)c3)c2=O)ccc1OCc1cccc(C(F)(F)F)c1. The number of hydrogen-bond acceptors (Lipinski definition) is 9. The van der Waals surface area contributed by atoms with Crippen molar-refractivity contribution in [1.29, 1.82) is 0 Å². The number of hydrogen-bond donors (Lipinski definition) is 1. The summed E-state index contributed by atoms with van der Waals surface area (Å²) in [6, 6.07) is 14.1. The van der Waals surface area contributed by atoms with E-state index in [2.05, 4.69) is 5.32 Å². The normalized spacial score (nSPS) is 15.0. The zero-order valence-corrected chi connectivity index (χ0v) is 31.9. The van der Waals surface area contributed by atoms with Gasteiger partial charge in [-0.15, -0.1) is 11.3 Å². The van der Waals surface area contributed by atoms with E-state index in [-0.39, 0.29) is 70.0 Å². The smallest absolute Gasteiger partial charge is 0.416 e. The van der Waals surface area contributed by atoms with E-state index in [0.29, 0.717) is 16.7 Å². The molecular formula is C38H40F3N3O8S2. The summed E-state index contributed by atoms with van der Waals surface area (Å²) < 4.78 is 85.7. The van der Waals surface area contributed by atoms with E-state index in [1.165, 1.54) is 40.3 Å². The van der Waals surface area contributed by atoms with E-state index >= 15 is 0 Å². The number of aryl methyl sites for hydroxylation is 1. The number of thiazole rings is 1. The molecule has 11 nitrogen and oxygen atoms in total. The third-order valence-corrected chi connectivity index (χ3v) is 11.5. The van der Waals surface area contributed by atoms with Gasteiger partial charge < -0.3 is 19.5 Å². The van der Waals surface area contributed by atoms with E-state index in [9.17, 15) is 36.0 Å². The van der Waals surface area contributed by atoms with E-state index in [4.69, 9.17) is 14.2 Å². The summed E-state index contributed by atoms with van der Waals surface area (Å²) in [5, 5.41) is 2.69. The fourth-order valence-corrected chi connectivity index (χ4v) is 8.09. The Morgan fingerprint density at radius 3 is 2.39 bits per heavy atom. The Kier molecular flexibility index (Phi) is 12.2. The number of ketones is 1. The van der Waals surface area contributed by atoms with Gasteiger partial charge in [-0.2, -0.15) is 17.5 Å². The lowest BCUT2D eigenvalue weighted by Gasteiger charge is -2.26. The van der Waals surface area contributed by atoms with Gasteiger partial charge in [0.1, 0.15) is 17.8 Å². The summed E-state index contributed by atoms with van der Waals surface area (Å²) in [6.45, 7) is 7.18.